The maximum absolute atomic E-state index is 10.5. The van der Waals surface area contributed by atoms with Gasteiger partial charge in [-0.3, -0.25) is 9.79 Å². The van der Waals surface area contributed by atoms with E-state index in [1.165, 1.54) is 12.5 Å². The quantitative estimate of drug-likeness (QED) is 0.434. The number of ether oxygens (including phenoxy) is 1. The number of benzene rings is 1. The SMILES string of the molecule is CCc1cccc(N=CCCOC(C)=O)c1. The third-order valence-corrected chi connectivity index (χ3v) is 2.11. The van der Waals surface area contributed by atoms with Crippen LogP contribution in [0.3, 0.4) is 0 Å². The van der Waals surface area contributed by atoms with Gasteiger partial charge in [0.2, 0.25) is 0 Å². The van der Waals surface area contributed by atoms with E-state index in [9.17, 15) is 4.79 Å². The molecule has 86 valence electrons. The smallest absolute Gasteiger partial charge is 0.302 e. The second-order valence-electron chi connectivity index (χ2n) is 3.46. The molecule has 0 spiro atoms. The third kappa shape index (κ3) is 4.73. The summed E-state index contributed by atoms with van der Waals surface area (Å²) in [6.45, 7) is 3.91. The Morgan fingerprint density at radius 3 is 3.00 bits per heavy atom. The molecule has 1 aromatic carbocycles. The van der Waals surface area contributed by atoms with Crippen LogP contribution in [0, 0.1) is 0 Å². The molecule has 16 heavy (non-hydrogen) atoms. The first-order chi connectivity index (χ1) is 7.72. The van der Waals surface area contributed by atoms with Gasteiger partial charge in [0.25, 0.3) is 0 Å². The molecule has 3 nitrogen and oxygen atoms in total. The second-order valence-corrected chi connectivity index (χ2v) is 3.46. The van der Waals surface area contributed by atoms with Crippen molar-refractivity contribution in [1.82, 2.24) is 0 Å². The van der Waals surface area contributed by atoms with Crippen LogP contribution in [0.2, 0.25) is 0 Å². The zero-order valence-electron chi connectivity index (χ0n) is 9.77. The molecule has 0 heterocycles. The van der Waals surface area contributed by atoms with Crippen LogP contribution >= 0.6 is 0 Å². The van der Waals surface area contributed by atoms with E-state index in [0.29, 0.717) is 13.0 Å². The summed E-state index contributed by atoms with van der Waals surface area (Å²) in [6, 6.07) is 8.10. The van der Waals surface area contributed by atoms with Crippen molar-refractivity contribution in [2.24, 2.45) is 4.99 Å². The summed E-state index contributed by atoms with van der Waals surface area (Å²) >= 11 is 0. The van der Waals surface area contributed by atoms with Gasteiger partial charge in [0.15, 0.2) is 0 Å². The van der Waals surface area contributed by atoms with Crippen LogP contribution in [0.4, 0.5) is 5.69 Å². The minimum atomic E-state index is -0.249. The van der Waals surface area contributed by atoms with Crippen LogP contribution in [-0.2, 0) is 16.0 Å². The maximum Gasteiger partial charge on any atom is 0.302 e. The first-order valence-corrected chi connectivity index (χ1v) is 5.47. The molecule has 0 saturated heterocycles. The Morgan fingerprint density at radius 1 is 1.50 bits per heavy atom. The van der Waals surface area contributed by atoms with Crippen LogP contribution in [0.25, 0.3) is 0 Å². The predicted octanol–water partition coefficient (Wildman–Crippen LogP) is 2.90. The lowest BCUT2D eigenvalue weighted by molar-refractivity contribution is -0.140. The van der Waals surface area contributed by atoms with Gasteiger partial charge in [0, 0.05) is 19.6 Å². The van der Waals surface area contributed by atoms with E-state index in [4.69, 9.17) is 4.74 Å². The zero-order valence-corrected chi connectivity index (χ0v) is 9.77. The Labute approximate surface area is 96.2 Å². The lowest BCUT2D eigenvalue weighted by Crippen LogP contribution is -2.00. The summed E-state index contributed by atoms with van der Waals surface area (Å²) in [7, 11) is 0. The van der Waals surface area contributed by atoms with Gasteiger partial charge in [0.1, 0.15) is 0 Å². The van der Waals surface area contributed by atoms with Gasteiger partial charge in [-0.2, -0.15) is 0 Å². The largest absolute Gasteiger partial charge is 0.465 e. The molecule has 0 unspecified atom stereocenters. The van der Waals surface area contributed by atoms with E-state index in [0.717, 1.165) is 12.1 Å². The first kappa shape index (κ1) is 12.4. The number of aryl methyl sites for hydroxylation is 1. The summed E-state index contributed by atoms with van der Waals surface area (Å²) in [4.78, 5) is 14.8. The molecule has 0 aliphatic rings. The monoisotopic (exact) mass is 219 g/mol. The number of carbonyl (C=O) groups excluding carboxylic acids is 1. The van der Waals surface area contributed by atoms with Gasteiger partial charge >= 0.3 is 5.97 Å². The minimum absolute atomic E-state index is 0.249. The Balaban J connectivity index is 2.40. The predicted molar refractivity (Wildman–Crippen MR) is 65.2 cm³/mol. The zero-order chi connectivity index (χ0) is 11.8. The summed E-state index contributed by atoms with van der Waals surface area (Å²) in [6.07, 6.45) is 3.43. The highest BCUT2D eigenvalue weighted by Gasteiger charge is 1.92. The number of nitrogens with zero attached hydrogens (tertiary/aromatic N) is 1. The van der Waals surface area contributed by atoms with Crippen molar-refractivity contribution in [2.75, 3.05) is 6.61 Å². The fourth-order valence-corrected chi connectivity index (χ4v) is 1.28. The number of hydrogen-bond donors (Lipinski definition) is 0. The number of carbonyl (C=O) groups is 1. The highest BCUT2D eigenvalue weighted by molar-refractivity contribution is 5.67. The highest BCUT2D eigenvalue weighted by Crippen LogP contribution is 2.13. The van der Waals surface area contributed by atoms with Gasteiger partial charge in [0.05, 0.1) is 12.3 Å². The lowest BCUT2D eigenvalue weighted by atomic mass is 10.1. The Bertz CT molecular complexity index is 372. The van der Waals surface area contributed by atoms with E-state index in [1.54, 1.807) is 6.21 Å². The third-order valence-electron chi connectivity index (χ3n) is 2.11. The van der Waals surface area contributed by atoms with Gasteiger partial charge in [-0.25, -0.2) is 0 Å². The van der Waals surface area contributed by atoms with E-state index >= 15 is 0 Å². The van der Waals surface area contributed by atoms with Gasteiger partial charge < -0.3 is 4.74 Å². The van der Waals surface area contributed by atoms with E-state index in [-0.39, 0.29) is 5.97 Å². The van der Waals surface area contributed by atoms with Gasteiger partial charge in [-0.15, -0.1) is 0 Å². The lowest BCUT2D eigenvalue weighted by Gasteiger charge is -1.99. The van der Waals surface area contributed by atoms with Crippen molar-refractivity contribution < 1.29 is 9.53 Å². The average molecular weight is 219 g/mol. The van der Waals surface area contributed by atoms with Crippen molar-refractivity contribution in [1.29, 1.82) is 0 Å². The van der Waals surface area contributed by atoms with Crippen LogP contribution in [0.5, 0.6) is 0 Å². The number of aliphatic imine (C=N–C) groups is 1. The molecule has 0 amide bonds. The molecular weight excluding hydrogens is 202 g/mol. The van der Waals surface area contributed by atoms with Crippen LogP contribution in [0.15, 0.2) is 29.3 Å². The first-order valence-electron chi connectivity index (χ1n) is 5.47. The molecule has 0 N–H and O–H groups in total. The molecule has 0 fully saturated rings. The molecule has 0 aliphatic carbocycles. The van der Waals surface area contributed by atoms with Crippen LogP contribution < -0.4 is 0 Å². The summed E-state index contributed by atoms with van der Waals surface area (Å²) in [5.41, 5.74) is 2.22. The average Bonchev–Trinajstić information content (AvgIpc) is 2.28. The molecule has 0 radical (unpaired) electrons. The van der Waals surface area contributed by atoms with E-state index in [1.807, 2.05) is 12.1 Å². The Morgan fingerprint density at radius 2 is 2.31 bits per heavy atom. The fraction of sp³-hybridized carbons (Fsp3) is 0.385. The van der Waals surface area contributed by atoms with Crippen LogP contribution in [-0.4, -0.2) is 18.8 Å². The summed E-state index contributed by atoms with van der Waals surface area (Å²) in [5, 5.41) is 0. The molecule has 0 aliphatic heterocycles. The van der Waals surface area contributed by atoms with Crippen molar-refractivity contribution in [3.63, 3.8) is 0 Å². The maximum atomic E-state index is 10.5. The number of rotatable bonds is 5. The Kier molecular flexibility index (Phi) is 5.26. The molecule has 0 saturated carbocycles. The molecule has 1 aromatic rings. The molecule has 3 heteroatoms. The normalized spacial score (nSPS) is 10.6. The van der Waals surface area contributed by atoms with E-state index < -0.39 is 0 Å². The van der Waals surface area contributed by atoms with Crippen molar-refractivity contribution in [2.45, 2.75) is 26.7 Å². The van der Waals surface area contributed by atoms with Crippen molar-refractivity contribution in [3.8, 4) is 0 Å². The molecule has 0 bridgehead atoms. The summed E-state index contributed by atoms with van der Waals surface area (Å²) in [5.74, 6) is -0.249. The summed E-state index contributed by atoms with van der Waals surface area (Å²) < 4.78 is 4.79. The molecule has 1 rings (SSSR count). The molecule has 0 atom stereocenters. The van der Waals surface area contributed by atoms with E-state index in [2.05, 4.69) is 24.0 Å². The van der Waals surface area contributed by atoms with Crippen molar-refractivity contribution in [3.05, 3.63) is 29.8 Å². The standard InChI is InChI=1S/C13H17NO2/c1-3-12-6-4-7-13(10-12)14-8-5-9-16-11(2)15/h4,6-8,10H,3,5,9H2,1-2H3. The van der Waals surface area contributed by atoms with Crippen molar-refractivity contribution >= 4 is 17.9 Å². The number of esters is 1. The van der Waals surface area contributed by atoms with Crippen LogP contribution in [0.1, 0.15) is 25.8 Å². The number of hydrogen-bond acceptors (Lipinski definition) is 3. The fourth-order valence-electron chi connectivity index (χ4n) is 1.28. The Hall–Kier alpha value is -1.64. The minimum Gasteiger partial charge on any atom is -0.465 e. The molecular formula is C13H17NO2. The molecule has 0 aromatic heterocycles. The van der Waals surface area contributed by atoms with Gasteiger partial charge in [-0.1, -0.05) is 19.1 Å². The highest BCUT2D eigenvalue weighted by atomic mass is 16.5. The van der Waals surface area contributed by atoms with Gasteiger partial charge in [-0.05, 0) is 24.1 Å². The topological polar surface area (TPSA) is 38.7 Å². The second kappa shape index (κ2) is 6.77.